The Morgan fingerprint density at radius 1 is 1.43 bits per heavy atom. The molecule has 0 aliphatic carbocycles. The minimum absolute atomic E-state index is 0.0486. The summed E-state index contributed by atoms with van der Waals surface area (Å²) >= 11 is 3.16. The Hall–Kier alpha value is -2.22. The molecular weight excluding hydrogens is 345 g/mol. The second-order valence-corrected chi connectivity index (χ2v) is 4.87. The lowest BCUT2D eigenvalue weighted by molar-refractivity contribution is -0.384. The summed E-state index contributed by atoms with van der Waals surface area (Å²) < 4.78 is 18.9. The highest BCUT2D eigenvalue weighted by Crippen LogP contribution is 2.31. The van der Waals surface area contributed by atoms with Crippen molar-refractivity contribution in [2.24, 2.45) is 0 Å². The molecule has 0 aliphatic rings. The first-order chi connectivity index (χ1) is 9.99. The molecule has 0 amide bonds. The van der Waals surface area contributed by atoms with Crippen molar-refractivity contribution in [2.45, 2.75) is 6.92 Å². The van der Waals surface area contributed by atoms with Crippen molar-refractivity contribution in [1.29, 1.82) is 0 Å². The van der Waals surface area contributed by atoms with Crippen LogP contribution in [0, 0.1) is 15.9 Å². The van der Waals surface area contributed by atoms with E-state index in [-0.39, 0.29) is 11.6 Å². The quantitative estimate of drug-likeness (QED) is 0.644. The van der Waals surface area contributed by atoms with Gasteiger partial charge in [-0.3, -0.25) is 10.1 Å². The lowest BCUT2D eigenvalue weighted by Crippen LogP contribution is -2.02. The zero-order valence-corrected chi connectivity index (χ0v) is 12.6. The number of halogens is 2. The molecule has 8 heteroatoms. The molecule has 0 saturated heterocycles. The van der Waals surface area contributed by atoms with Gasteiger partial charge in [0.05, 0.1) is 21.5 Å². The number of hydrogen-bond acceptors (Lipinski definition) is 5. The summed E-state index contributed by atoms with van der Waals surface area (Å²) in [5, 5.41) is 13.8. The number of hydrogen-bond donors (Lipinski definition) is 1. The van der Waals surface area contributed by atoms with Crippen molar-refractivity contribution in [3.05, 3.63) is 50.7 Å². The molecular formula is C13H11BrFN3O3. The normalized spacial score (nSPS) is 10.2. The molecule has 1 aromatic heterocycles. The number of aromatic nitrogens is 1. The van der Waals surface area contributed by atoms with Gasteiger partial charge in [0, 0.05) is 6.54 Å². The second-order valence-electron chi connectivity index (χ2n) is 4.01. The predicted molar refractivity (Wildman–Crippen MR) is 79.2 cm³/mol. The monoisotopic (exact) mass is 355 g/mol. The second kappa shape index (κ2) is 6.49. The fourth-order valence-corrected chi connectivity index (χ4v) is 2.02. The van der Waals surface area contributed by atoms with Crippen LogP contribution in [0.3, 0.4) is 0 Å². The molecule has 0 aliphatic heterocycles. The highest BCUT2D eigenvalue weighted by atomic mass is 79.9. The number of nitro groups is 1. The van der Waals surface area contributed by atoms with Crippen molar-refractivity contribution in [3.8, 4) is 11.6 Å². The maximum absolute atomic E-state index is 13.0. The fraction of sp³-hybridized carbons (Fsp3) is 0.154. The van der Waals surface area contributed by atoms with Crippen LogP contribution >= 0.6 is 15.9 Å². The third-order valence-electron chi connectivity index (χ3n) is 2.46. The van der Waals surface area contributed by atoms with Crippen LogP contribution in [0.1, 0.15) is 6.92 Å². The summed E-state index contributed by atoms with van der Waals surface area (Å²) in [5.74, 6) is 0.272. The van der Waals surface area contributed by atoms with Crippen molar-refractivity contribution in [1.82, 2.24) is 4.98 Å². The first kappa shape index (κ1) is 15.2. The van der Waals surface area contributed by atoms with Gasteiger partial charge in [0.2, 0.25) is 5.88 Å². The first-order valence-corrected chi connectivity index (χ1v) is 6.82. The third kappa shape index (κ3) is 3.88. The highest BCUT2D eigenvalue weighted by Gasteiger charge is 2.13. The molecule has 21 heavy (non-hydrogen) atoms. The molecule has 1 heterocycles. The van der Waals surface area contributed by atoms with Crippen molar-refractivity contribution >= 4 is 27.4 Å². The Bertz CT molecular complexity index is 682. The summed E-state index contributed by atoms with van der Waals surface area (Å²) in [6, 6.07) is 6.39. The van der Waals surface area contributed by atoms with Crippen LogP contribution in [-0.4, -0.2) is 16.5 Å². The van der Waals surface area contributed by atoms with Crippen LogP contribution in [0.25, 0.3) is 0 Å². The molecule has 110 valence electrons. The molecule has 1 N–H and O–H groups in total. The van der Waals surface area contributed by atoms with E-state index in [1.54, 1.807) is 0 Å². The van der Waals surface area contributed by atoms with Crippen LogP contribution < -0.4 is 10.1 Å². The van der Waals surface area contributed by atoms with Gasteiger partial charge < -0.3 is 10.1 Å². The summed E-state index contributed by atoms with van der Waals surface area (Å²) in [4.78, 5) is 14.5. The van der Waals surface area contributed by atoms with Gasteiger partial charge in [0.25, 0.3) is 5.69 Å². The molecule has 6 nitrogen and oxygen atoms in total. The number of anilines is 1. The molecule has 1 aromatic carbocycles. The molecule has 0 radical (unpaired) electrons. The zero-order chi connectivity index (χ0) is 15.4. The topological polar surface area (TPSA) is 77.3 Å². The van der Waals surface area contributed by atoms with Gasteiger partial charge in [-0.15, -0.1) is 0 Å². The highest BCUT2D eigenvalue weighted by molar-refractivity contribution is 9.10. The van der Waals surface area contributed by atoms with Gasteiger partial charge in [-0.1, -0.05) is 0 Å². The van der Waals surface area contributed by atoms with E-state index in [0.29, 0.717) is 22.6 Å². The number of ether oxygens (including phenoxy) is 1. The smallest absolute Gasteiger partial charge is 0.278 e. The third-order valence-corrected chi connectivity index (χ3v) is 3.08. The van der Waals surface area contributed by atoms with Crippen LogP contribution in [0.2, 0.25) is 0 Å². The van der Waals surface area contributed by atoms with Crippen LogP contribution in [0.5, 0.6) is 11.6 Å². The Labute approximate surface area is 128 Å². The van der Waals surface area contributed by atoms with E-state index in [1.807, 2.05) is 6.92 Å². The van der Waals surface area contributed by atoms with Crippen molar-refractivity contribution in [3.63, 3.8) is 0 Å². The summed E-state index contributed by atoms with van der Waals surface area (Å²) in [6.45, 7) is 2.41. The van der Waals surface area contributed by atoms with E-state index < -0.39 is 10.7 Å². The minimum atomic E-state index is -0.533. The van der Waals surface area contributed by atoms with E-state index in [2.05, 4.69) is 26.2 Å². The van der Waals surface area contributed by atoms with E-state index >= 15 is 0 Å². The average Bonchev–Trinajstić information content (AvgIpc) is 2.42. The molecule has 2 rings (SSSR count). The molecule has 0 unspecified atom stereocenters. The lowest BCUT2D eigenvalue weighted by Gasteiger charge is -2.09. The summed E-state index contributed by atoms with van der Waals surface area (Å²) in [5.41, 5.74) is -0.144. The molecule has 2 aromatic rings. The number of pyridine rings is 1. The van der Waals surface area contributed by atoms with Gasteiger partial charge in [-0.25, -0.2) is 4.39 Å². The minimum Gasteiger partial charge on any atom is -0.438 e. The van der Waals surface area contributed by atoms with E-state index in [4.69, 9.17) is 4.74 Å². The van der Waals surface area contributed by atoms with E-state index in [1.165, 1.54) is 30.3 Å². The largest absolute Gasteiger partial charge is 0.438 e. The fourth-order valence-electron chi connectivity index (χ4n) is 1.59. The van der Waals surface area contributed by atoms with Crippen LogP contribution in [0.4, 0.5) is 15.9 Å². The number of rotatable bonds is 5. The van der Waals surface area contributed by atoms with Crippen molar-refractivity contribution < 1.29 is 14.1 Å². The summed E-state index contributed by atoms with van der Waals surface area (Å²) in [7, 11) is 0. The lowest BCUT2D eigenvalue weighted by atomic mass is 10.3. The Morgan fingerprint density at radius 2 is 2.19 bits per heavy atom. The molecule has 0 saturated carbocycles. The Morgan fingerprint density at radius 3 is 2.81 bits per heavy atom. The SMILES string of the molecule is CCNc1cc([N+](=O)[O-])cc(Oc2ccc(F)cc2Br)n1. The van der Waals surface area contributed by atoms with Gasteiger partial charge in [-0.2, -0.15) is 4.98 Å². The average molecular weight is 356 g/mol. The maximum atomic E-state index is 13.0. The summed E-state index contributed by atoms with van der Waals surface area (Å²) in [6.07, 6.45) is 0. The zero-order valence-electron chi connectivity index (χ0n) is 11.0. The molecule has 0 atom stereocenters. The number of nitrogens with zero attached hydrogens (tertiary/aromatic N) is 2. The molecule has 0 fully saturated rings. The molecule has 0 spiro atoms. The Kier molecular flexibility index (Phi) is 4.69. The Balaban J connectivity index is 2.36. The standard InChI is InChI=1S/C13H11BrFN3O3/c1-2-16-12-6-9(18(19)20)7-13(17-12)21-11-4-3-8(15)5-10(11)14/h3-7H,2H2,1H3,(H,16,17). The van der Waals surface area contributed by atoms with Crippen LogP contribution in [0.15, 0.2) is 34.8 Å². The van der Waals surface area contributed by atoms with E-state index in [9.17, 15) is 14.5 Å². The van der Waals surface area contributed by atoms with Gasteiger partial charge in [0.15, 0.2) is 0 Å². The first-order valence-electron chi connectivity index (χ1n) is 6.03. The number of benzene rings is 1. The van der Waals surface area contributed by atoms with Gasteiger partial charge >= 0.3 is 0 Å². The predicted octanol–water partition coefficient (Wildman–Crippen LogP) is 4.12. The van der Waals surface area contributed by atoms with Gasteiger partial charge in [0.1, 0.15) is 17.4 Å². The van der Waals surface area contributed by atoms with Crippen molar-refractivity contribution in [2.75, 3.05) is 11.9 Å². The molecule has 0 bridgehead atoms. The van der Waals surface area contributed by atoms with Crippen LogP contribution in [-0.2, 0) is 0 Å². The van der Waals surface area contributed by atoms with Gasteiger partial charge in [-0.05, 0) is 41.1 Å². The van der Waals surface area contributed by atoms with E-state index in [0.717, 1.165) is 0 Å². The number of nitrogens with one attached hydrogen (secondary N) is 1. The maximum Gasteiger partial charge on any atom is 0.278 e.